The zero-order chi connectivity index (χ0) is 26.8. The van der Waals surface area contributed by atoms with Gasteiger partial charge in [0.25, 0.3) is 5.91 Å². The summed E-state index contributed by atoms with van der Waals surface area (Å²) < 4.78 is 11.8. The number of rotatable bonds is 12. The number of aliphatic hydroxyl groups excluding tert-OH is 1. The molecule has 4 rings (SSSR count). The second-order valence-electron chi connectivity index (χ2n) is 9.89. The Morgan fingerprint density at radius 2 is 1.97 bits per heavy atom. The third-order valence-electron chi connectivity index (χ3n) is 7.25. The first-order valence-corrected chi connectivity index (χ1v) is 13.3. The van der Waals surface area contributed by atoms with E-state index < -0.39 is 11.6 Å². The van der Waals surface area contributed by atoms with Crippen LogP contribution < -0.4 is 15.6 Å². The summed E-state index contributed by atoms with van der Waals surface area (Å²) in [7, 11) is 0. The number of ether oxygens (including phenoxy) is 2. The summed E-state index contributed by atoms with van der Waals surface area (Å²) in [5.41, 5.74) is 15.7. The van der Waals surface area contributed by atoms with Crippen molar-refractivity contribution in [1.29, 1.82) is 0 Å². The minimum absolute atomic E-state index is 0.0725. The molecule has 0 spiro atoms. The Morgan fingerprint density at radius 3 is 2.71 bits per heavy atom. The van der Waals surface area contributed by atoms with E-state index in [-0.39, 0.29) is 18.9 Å². The average molecular weight is 521 g/mol. The number of hydrogen-bond donors (Lipinski definition) is 3. The third-order valence-corrected chi connectivity index (χ3v) is 7.25. The number of amides is 1. The van der Waals surface area contributed by atoms with E-state index in [1.807, 2.05) is 43.3 Å². The molecule has 1 aliphatic carbocycles. The number of nitrogens with one attached hydrogen (secondary N) is 2. The summed E-state index contributed by atoms with van der Waals surface area (Å²) in [6, 6.07) is 14.5. The van der Waals surface area contributed by atoms with Gasteiger partial charge in [-0.1, -0.05) is 48.6 Å². The zero-order valence-electron chi connectivity index (χ0n) is 21.8. The normalized spacial score (nSPS) is 21.2. The lowest BCUT2D eigenvalue weighted by molar-refractivity contribution is -0.129. The Morgan fingerprint density at radius 1 is 1.21 bits per heavy atom. The van der Waals surface area contributed by atoms with Gasteiger partial charge in [0.1, 0.15) is 11.9 Å². The van der Waals surface area contributed by atoms with Crippen molar-refractivity contribution in [3.63, 3.8) is 0 Å². The van der Waals surface area contributed by atoms with Gasteiger partial charge >= 0.3 is 0 Å². The minimum atomic E-state index is -1.27. The molecule has 2 atom stereocenters. The summed E-state index contributed by atoms with van der Waals surface area (Å²) in [5.74, 6) is 1.28. The molecule has 2 aromatic rings. The van der Waals surface area contributed by atoms with Crippen LogP contribution in [0.25, 0.3) is 10.4 Å². The SMILES string of the molecule is C[C@@H]1OC(c2ccc(OCCCO)cc2)=N[C@]1(Cc1ccccc1N=[N+]=[N-])C(=O)NNCC1CCCCC1. The third kappa shape index (κ3) is 6.64. The van der Waals surface area contributed by atoms with Crippen molar-refractivity contribution in [2.45, 2.75) is 63.5 Å². The minimum Gasteiger partial charge on any atom is -0.494 e. The smallest absolute Gasteiger partial charge is 0.266 e. The van der Waals surface area contributed by atoms with E-state index in [1.165, 1.54) is 19.3 Å². The molecule has 1 amide bonds. The number of aliphatic hydroxyl groups is 1. The Balaban J connectivity index is 1.58. The molecule has 3 N–H and O–H groups in total. The molecule has 2 aliphatic rings. The molecule has 0 radical (unpaired) electrons. The lowest BCUT2D eigenvalue weighted by Gasteiger charge is -2.29. The topological polar surface area (TPSA) is 141 Å². The molecule has 0 saturated heterocycles. The quantitative estimate of drug-likeness (QED) is 0.122. The molecule has 202 valence electrons. The maximum Gasteiger partial charge on any atom is 0.266 e. The van der Waals surface area contributed by atoms with E-state index in [0.717, 1.165) is 18.4 Å². The Bertz CT molecular complexity index is 1160. The molecule has 38 heavy (non-hydrogen) atoms. The molecule has 2 aromatic carbocycles. The van der Waals surface area contributed by atoms with E-state index in [1.54, 1.807) is 12.1 Å². The first-order chi connectivity index (χ1) is 18.6. The Hall–Kier alpha value is -3.59. The number of hydrazine groups is 1. The zero-order valence-corrected chi connectivity index (χ0v) is 21.8. The van der Waals surface area contributed by atoms with Crippen LogP contribution in [-0.2, 0) is 16.0 Å². The fraction of sp³-hybridized carbons (Fsp3) is 0.500. The molecule has 10 nitrogen and oxygen atoms in total. The molecule has 1 aliphatic heterocycles. The van der Waals surface area contributed by atoms with E-state index >= 15 is 0 Å². The molecular weight excluding hydrogens is 484 g/mol. The van der Waals surface area contributed by atoms with Gasteiger partial charge < -0.3 is 14.6 Å². The van der Waals surface area contributed by atoms with Crippen LogP contribution in [0.2, 0.25) is 0 Å². The second kappa shape index (κ2) is 13.3. The van der Waals surface area contributed by atoms with Gasteiger partial charge in [-0.3, -0.25) is 10.2 Å². The summed E-state index contributed by atoms with van der Waals surface area (Å²) in [6.07, 6.45) is 6.23. The van der Waals surface area contributed by atoms with Crippen LogP contribution in [0.15, 0.2) is 58.6 Å². The highest BCUT2D eigenvalue weighted by Crippen LogP contribution is 2.35. The Kier molecular flexibility index (Phi) is 9.59. The monoisotopic (exact) mass is 520 g/mol. The number of carbonyl (C=O) groups is 1. The van der Waals surface area contributed by atoms with Gasteiger partial charge in [-0.2, -0.15) is 0 Å². The van der Waals surface area contributed by atoms with Crippen LogP contribution in [0.4, 0.5) is 5.69 Å². The van der Waals surface area contributed by atoms with Crippen LogP contribution in [0.1, 0.15) is 56.6 Å². The van der Waals surface area contributed by atoms with Gasteiger partial charge in [0.2, 0.25) is 5.90 Å². The fourth-order valence-electron chi connectivity index (χ4n) is 5.01. The summed E-state index contributed by atoms with van der Waals surface area (Å²) >= 11 is 0. The predicted octanol–water partition coefficient (Wildman–Crippen LogP) is 4.74. The van der Waals surface area contributed by atoms with E-state index in [2.05, 4.69) is 20.9 Å². The number of aliphatic imine (C=N–C) groups is 1. The molecule has 1 fully saturated rings. The average Bonchev–Trinajstić information content (AvgIpc) is 3.28. The van der Waals surface area contributed by atoms with Crippen LogP contribution in [0.5, 0.6) is 5.75 Å². The summed E-state index contributed by atoms with van der Waals surface area (Å²) in [6.45, 7) is 3.04. The number of azide groups is 1. The number of carbonyl (C=O) groups excluding carboxylic acids is 1. The second-order valence-corrected chi connectivity index (χ2v) is 9.89. The highest BCUT2D eigenvalue weighted by Gasteiger charge is 2.50. The number of hydrogen-bond acceptors (Lipinski definition) is 7. The summed E-state index contributed by atoms with van der Waals surface area (Å²) in [4.78, 5) is 21.6. The highest BCUT2D eigenvalue weighted by molar-refractivity contribution is 6.00. The van der Waals surface area contributed by atoms with Crippen LogP contribution >= 0.6 is 0 Å². The van der Waals surface area contributed by atoms with Crippen LogP contribution in [-0.4, -0.2) is 48.3 Å². The maximum atomic E-state index is 13.8. The van der Waals surface area contributed by atoms with Gasteiger partial charge in [-0.15, -0.1) is 0 Å². The maximum absolute atomic E-state index is 13.8. The van der Waals surface area contributed by atoms with Crippen molar-refractivity contribution in [3.05, 3.63) is 70.1 Å². The van der Waals surface area contributed by atoms with Gasteiger partial charge in [0, 0.05) is 42.2 Å². The van der Waals surface area contributed by atoms with Crippen molar-refractivity contribution >= 4 is 17.5 Å². The standard InChI is InChI=1S/C28H36N6O4/c1-20-28(18-23-10-5-6-11-25(23)32-34-29,27(36)33-30-19-21-8-3-2-4-9-21)31-26(38-20)22-12-14-24(15-13-22)37-17-7-16-35/h5-6,10-15,20-21,30,35H,2-4,7-9,16-19H2,1H3,(H,33,36)/t20-,28-/m0/s1. The molecule has 1 saturated carbocycles. The first-order valence-electron chi connectivity index (χ1n) is 13.3. The van der Waals surface area contributed by atoms with Gasteiger partial charge in [-0.25, -0.2) is 10.4 Å². The molecule has 10 heteroatoms. The van der Waals surface area contributed by atoms with Gasteiger partial charge in [0.15, 0.2) is 5.54 Å². The largest absolute Gasteiger partial charge is 0.494 e. The molecule has 0 unspecified atom stereocenters. The highest BCUT2D eigenvalue weighted by atomic mass is 16.5. The van der Waals surface area contributed by atoms with Crippen molar-refractivity contribution < 1.29 is 19.4 Å². The van der Waals surface area contributed by atoms with Crippen molar-refractivity contribution in [1.82, 2.24) is 10.9 Å². The van der Waals surface area contributed by atoms with E-state index in [4.69, 9.17) is 25.1 Å². The predicted molar refractivity (Wildman–Crippen MR) is 145 cm³/mol. The van der Waals surface area contributed by atoms with E-state index in [9.17, 15) is 4.79 Å². The molecule has 0 aromatic heterocycles. The molecule has 1 heterocycles. The fourth-order valence-corrected chi connectivity index (χ4v) is 5.01. The lowest BCUT2D eigenvalue weighted by Crippen LogP contribution is -2.56. The number of nitrogens with zero attached hydrogens (tertiary/aromatic N) is 4. The van der Waals surface area contributed by atoms with Crippen molar-refractivity contribution in [2.24, 2.45) is 16.0 Å². The first kappa shape index (κ1) is 27.4. The van der Waals surface area contributed by atoms with Gasteiger partial charge in [-0.05, 0) is 61.0 Å². The molecular formula is C28H36N6O4. The van der Waals surface area contributed by atoms with Crippen molar-refractivity contribution in [3.8, 4) is 5.75 Å². The Labute approximate surface area is 223 Å². The van der Waals surface area contributed by atoms with Gasteiger partial charge in [0.05, 0.1) is 6.61 Å². The summed E-state index contributed by atoms with van der Waals surface area (Å²) in [5, 5.41) is 12.8. The van der Waals surface area contributed by atoms with Crippen LogP contribution in [0.3, 0.4) is 0 Å². The van der Waals surface area contributed by atoms with E-state index in [0.29, 0.717) is 48.4 Å². The van der Waals surface area contributed by atoms with Crippen LogP contribution in [0, 0.1) is 5.92 Å². The lowest BCUT2D eigenvalue weighted by atomic mass is 9.85. The number of benzene rings is 2. The molecule has 0 bridgehead atoms. The van der Waals surface area contributed by atoms with Crippen molar-refractivity contribution in [2.75, 3.05) is 19.8 Å².